The van der Waals surface area contributed by atoms with Crippen molar-refractivity contribution in [3.05, 3.63) is 42.0 Å². The first-order valence-electron chi connectivity index (χ1n) is 32.6. The van der Waals surface area contributed by atoms with Gasteiger partial charge in [0.1, 0.15) is 79.0 Å². The SMILES string of the molecule is COC1CC(OC2CCC3(C)C(CCC4C3C(OC(C)=O)C(OC(=O)C=Cc3ccccc3)C3(C)C(C(C)=O)CCC43O)C2)OC(C)C1OC1CC(OC)C(OC2CC(OC)C(OC3OC(C)C(OC4OC(CO)C(O)C(O)C4O)C(OC)C3O)C(C)O2)C(C)O1. The summed E-state index contributed by atoms with van der Waals surface area (Å²) < 4.78 is 101. The summed E-state index contributed by atoms with van der Waals surface area (Å²) in [5.41, 5.74) is -2.28. The van der Waals surface area contributed by atoms with E-state index in [4.69, 9.17) is 75.8 Å². The molecule has 0 bridgehead atoms. The van der Waals surface area contributed by atoms with Gasteiger partial charge in [-0.25, -0.2) is 4.79 Å². The van der Waals surface area contributed by atoms with Gasteiger partial charge < -0.3 is 106 Å². The van der Waals surface area contributed by atoms with Crippen LogP contribution in [0.15, 0.2) is 36.4 Å². The maximum atomic E-state index is 13.9. The highest BCUT2D eigenvalue weighted by molar-refractivity contribution is 5.87. The highest BCUT2D eigenvalue weighted by atomic mass is 16.8. The lowest BCUT2D eigenvalue weighted by molar-refractivity contribution is -0.374. The van der Waals surface area contributed by atoms with Crippen LogP contribution in [0.25, 0.3) is 6.08 Å². The zero-order chi connectivity index (χ0) is 65.6. The third-order valence-electron chi connectivity index (χ3n) is 22.3. The molecular weight excluding hydrogens is 1190 g/mol. The largest absolute Gasteiger partial charge is 0.458 e. The van der Waals surface area contributed by atoms with Crippen LogP contribution in [0, 0.1) is 34.5 Å². The normalized spacial score (nSPS) is 48.4. The van der Waals surface area contributed by atoms with Crippen LogP contribution in [0.2, 0.25) is 0 Å². The average molecular weight is 1290 g/mol. The molecule has 25 nitrogen and oxygen atoms in total. The molecule has 9 aliphatic rings. The number of aliphatic hydroxyl groups excluding tert-OH is 5. The van der Waals surface area contributed by atoms with Crippen LogP contribution in [-0.4, -0.2) is 243 Å². The number of aliphatic hydroxyl groups is 6. The van der Waals surface area contributed by atoms with Gasteiger partial charge in [-0.15, -0.1) is 0 Å². The van der Waals surface area contributed by atoms with E-state index in [-0.39, 0.29) is 30.1 Å². The number of methoxy groups -OCH3 is 4. The number of benzene rings is 1. The molecular formula is C66H100O25. The molecule has 4 saturated carbocycles. The van der Waals surface area contributed by atoms with Crippen molar-refractivity contribution in [2.45, 2.75) is 279 Å². The monoisotopic (exact) mass is 1290 g/mol. The molecule has 10 rings (SSSR count). The van der Waals surface area contributed by atoms with Crippen molar-refractivity contribution >= 4 is 23.8 Å². The van der Waals surface area contributed by atoms with Gasteiger partial charge in [0.05, 0.1) is 61.0 Å². The molecule has 4 aliphatic carbocycles. The second kappa shape index (κ2) is 29.2. The van der Waals surface area contributed by atoms with Crippen molar-refractivity contribution in [3.8, 4) is 0 Å². The van der Waals surface area contributed by atoms with Gasteiger partial charge >= 0.3 is 11.9 Å². The number of Topliss-reactive ketones (excluding diaryl/α,β-unsaturated/α-hetero) is 1. The first-order valence-corrected chi connectivity index (χ1v) is 32.6. The maximum absolute atomic E-state index is 13.9. The Labute approximate surface area is 533 Å². The molecule has 32 atom stereocenters. The molecule has 1 aromatic carbocycles. The lowest BCUT2D eigenvalue weighted by Crippen LogP contribution is -2.73. The molecule has 32 unspecified atom stereocenters. The first kappa shape index (κ1) is 70.6. The third-order valence-corrected chi connectivity index (χ3v) is 22.3. The van der Waals surface area contributed by atoms with Crippen LogP contribution in [0.5, 0.6) is 0 Å². The number of hydrogen-bond donors (Lipinski definition) is 6. The molecule has 0 spiro atoms. The summed E-state index contributed by atoms with van der Waals surface area (Å²) in [5, 5.41) is 65.8. The van der Waals surface area contributed by atoms with Gasteiger partial charge in [0.2, 0.25) is 0 Å². The molecule has 25 heteroatoms. The van der Waals surface area contributed by atoms with Crippen molar-refractivity contribution in [1.29, 1.82) is 0 Å². The Morgan fingerprint density at radius 3 is 1.68 bits per heavy atom. The van der Waals surface area contributed by atoms with Crippen LogP contribution in [0.4, 0.5) is 0 Å². The van der Waals surface area contributed by atoms with Crippen molar-refractivity contribution in [2.24, 2.45) is 34.5 Å². The first-order chi connectivity index (χ1) is 43.3. The molecule has 1 aromatic rings. The van der Waals surface area contributed by atoms with E-state index in [1.165, 1.54) is 34.1 Å². The molecule has 5 aliphatic heterocycles. The van der Waals surface area contributed by atoms with Gasteiger partial charge in [-0.2, -0.15) is 0 Å². The van der Waals surface area contributed by atoms with Gasteiger partial charge in [-0.3, -0.25) is 9.59 Å². The highest BCUT2D eigenvalue weighted by Gasteiger charge is 2.76. The molecule has 0 radical (unpaired) electrons. The molecule has 6 N–H and O–H groups in total. The fourth-order valence-corrected chi connectivity index (χ4v) is 17.5. The number of ether oxygens (including phenoxy) is 16. The summed E-state index contributed by atoms with van der Waals surface area (Å²) in [4.78, 5) is 40.7. The fourth-order valence-electron chi connectivity index (χ4n) is 17.5. The van der Waals surface area contributed by atoms with E-state index in [0.717, 1.165) is 12.0 Å². The Balaban J connectivity index is 0.734. The topological polar surface area (TPSA) is 320 Å². The zero-order valence-electron chi connectivity index (χ0n) is 54.5. The quantitative estimate of drug-likeness (QED) is 0.0619. The van der Waals surface area contributed by atoms with Crippen molar-refractivity contribution in [3.63, 3.8) is 0 Å². The van der Waals surface area contributed by atoms with Crippen molar-refractivity contribution in [1.82, 2.24) is 0 Å². The van der Waals surface area contributed by atoms with Crippen LogP contribution >= 0.6 is 0 Å². The second-order valence-electron chi connectivity index (χ2n) is 27.4. The van der Waals surface area contributed by atoms with Crippen LogP contribution in [0.3, 0.4) is 0 Å². The predicted molar refractivity (Wildman–Crippen MR) is 318 cm³/mol. The smallest absolute Gasteiger partial charge is 0.331 e. The van der Waals surface area contributed by atoms with Crippen LogP contribution in [-0.2, 0) is 90.2 Å². The van der Waals surface area contributed by atoms with E-state index in [1.54, 1.807) is 34.1 Å². The number of esters is 2. The molecule has 5 saturated heterocycles. The van der Waals surface area contributed by atoms with E-state index in [1.807, 2.05) is 51.1 Å². The summed E-state index contributed by atoms with van der Waals surface area (Å²) in [5.74, 6) is -2.54. The molecule has 5 heterocycles. The predicted octanol–water partition coefficient (Wildman–Crippen LogP) is 3.42. The molecule has 514 valence electrons. The molecule has 9 fully saturated rings. The Bertz CT molecular complexity index is 2620. The van der Waals surface area contributed by atoms with Crippen LogP contribution in [0.1, 0.15) is 125 Å². The van der Waals surface area contributed by atoms with Gasteiger partial charge in [0.25, 0.3) is 0 Å². The summed E-state index contributed by atoms with van der Waals surface area (Å²) >= 11 is 0. The Morgan fingerprint density at radius 1 is 0.582 bits per heavy atom. The van der Waals surface area contributed by atoms with E-state index >= 15 is 0 Å². The Kier molecular flexibility index (Phi) is 22.7. The number of hydrogen-bond acceptors (Lipinski definition) is 25. The van der Waals surface area contributed by atoms with Gasteiger partial charge in [0, 0.05) is 78.0 Å². The summed E-state index contributed by atoms with van der Waals surface area (Å²) in [6.07, 6.45) is -14.7. The van der Waals surface area contributed by atoms with Gasteiger partial charge in [-0.1, -0.05) is 44.2 Å². The standard InChI is InChI=1S/C66H100O25/c1-31(68)40-23-25-66(75)41-20-19-38-26-39(22-24-64(38,7)50(41)59(84-36(6)69)61(65(40,66)8)87-46(70)21-18-37-16-14-13-15-17-37)85-47-27-42(76-9)55(32(2)80-47)88-48-28-43(77-10)56(33(3)81-48)89-49-29-44(78-11)57(34(4)82-49)90-63-54(74)60(79-12)58(35(5)83-63)91-62-53(73)52(72)51(71)45(30-67)86-62/h13-18,21,32-35,38-45,47-63,67,71-75H,19-20,22-30H2,1-12H3. The van der Waals surface area contributed by atoms with Gasteiger partial charge in [-0.05, 0) is 108 Å². The summed E-state index contributed by atoms with van der Waals surface area (Å²) in [7, 11) is 6.14. The number of carbonyl (C=O) groups excluding carboxylic acids is 3. The molecule has 0 amide bonds. The van der Waals surface area contributed by atoms with Crippen molar-refractivity contribution < 1.29 is 121 Å². The molecule has 91 heavy (non-hydrogen) atoms. The molecule has 0 aromatic heterocycles. The number of ketones is 1. The van der Waals surface area contributed by atoms with Crippen LogP contribution < -0.4 is 0 Å². The summed E-state index contributed by atoms with van der Waals surface area (Å²) in [6.45, 7) is 13.6. The number of carbonyl (C=O) groups is 3. The van der Waals surface area contributed by atoms with E-state index in [9.17, 15) is 45.0 Å². The number of rotatable bonds is 20. The maximum Gasteiger partial charge on any atom is 0.331 e. The third kappa shape index (κ3) is 13.9. The minimum atomic E-state index is -1.68. The van der Waals surface area contributed by atoms with E-state index < -0.39 is 194 Å². The minimum absolute atomic E-state index is 0.0860. The average Bonchev–Trinajstić information content (AvgIpc) is 1.64. The van der Waals surface area contributed by atoms with E-state index in [2.05, 4.69) is 6.92 Å². The lowest BCUT2D eigenvalue weighted by atomic mass is 9.41. The fraction of sp³-hybridized carbons (Fsp3) is 0.833. The highest BCUT2D eigenvalue weighted by Crippen LogP contribution is 2.70. The number of fused-ring (bicyclic) bond motifs is 5. The Morgan fingerprint density at radius 2 is 1.13 bits per heavy atom. The minimum Gasteiger partial charge on any atom is -0.458 e. The zero-order valence-corrected chi connectivity index (χ0v) is 54.5. The summed E-state index contributed by atoms with van der Waals surface area (Å²) in [6, 6.07) is 9.35. The Hall–Kier alpha value is -3.23. The van der Waals surface area contributed by atoms with E-state index in [0.29, 0.717) is 51.4 Å². The second-order valence-corrected chi connectivity index (χ2v) is 27.4. The van der Waals surface area contributed by atoms with Crippen molar-refractivity contribution in [2.75, 3.05) is 35.0 Å². The lowest BCUT2D eigenvalue weighted by Gasteiger charge is -2.66. The van der Waals surface area contributed by atoms with Gasteiger partial charge in [0.15, 0.2) is 31.5 Å².